The summed E-state index contributed by atoms with van der Waals surface area (Å²) >= 11 is 6.37. The topological polar surface area (TPSA) is 55.9 Å². The lowest BCUT2D eigenvalue weighted by Gasteiger charge is -2.39. The van der Waals surface area contributed by atoms with E-state index >= 15 is 0 Å². The van der Waals surface area contributed by atoms with Gasteiger partial charge in [0.25, 0.3) is 0 Å². The van der Waals surface area contributed by atoms with Crippen LogP contribution in [0.1, 0.15) is 18.5 Å². The van der Waals surface area contributed by atoms with E-state index in [-0.39, 0.29) is 17.9 Å². The number of nitrogens with one attached hydrogen (secondary N) is 1. The van der Waals surface area contributed by atoms with E-state index in [1.54, 1.807) is 11.8 Å². The van der Waals surface area contributed by atoms with Crippen LogP contribution in [0.25, 0.3) is 0 Å². The summed E-state index contributed by atoms with van der Waals surface area (Å²) in [7, 11) is 0. The Hall–Kier alpha value is -1.63. The fraction of sp³-hybridized carbons (Fsp3) is 0.556. The summed E-state index contributed by atoms with van der Waals surface area (Å²) in [6.07, 6.45) is 0. The highest BCUT2D eigenvalue weighted by molar-refractivity contribution is 6.31. The molecule has 6 nitrogen and oxygen atoms in total. The van der Waals surface area contributed by atoms with E-state index in [1.165, 1.54) is 0 Å². The first kappa shape index (κ1) is 18.2. The molecular weight excluding hydrogens is 340 g/mol. The maximum atomic E-state index is 12.7. The number of amides is 2. The minimum atomic E-state index is 0.0768. The maximum absolute atomic E-state index is 12.7. The van der Waals surface area contributed by atoms with Crippen LogP contribution < -0.4 is 5.32 Å². The van der Waals surface area contributed by atoms with Gasteiger partial charge >= 0.3 is 0 Å². The Balaban J connectivity index is 1.63. The predicted molar refractivity (Wildman–Crippen MR) is 97.5 cm³/mol. The number of carbonyl (C=O) groups excluding carboxylic acids is 2. The summed E-state index contributed by atoms with van der Waals surface area (Å²) in [5.74, 6) is 0.204. The highest BCUT2D eigenvalue weighted by Crippen LogP contribution is 2.28. The van der Waals surface area contributed by atoms with E-state index in [9.17, 15) is 9.59 Å². The van der Waals surface area contributed by atoms with E-state index in [0.717, 1.165) is 30.2 Å². The van der Waals surface area contributed by atoms with E-state index < -0.39 is 0 Å². The molecule has 1 unspecified atom stereocenters. The van der Waals surface area contributed by atoms with Crippen LogP contribution >= 0.6 is 11.6 Å². The summed E-state index contributed by atoms with van der Waals surface area (Å²) in [6, 6.07) is 7.93. The summed E-state index contributed by atoms with van der Waals surface area (Å²) < 4.78 is 0. The third-order valence-electron chi connectivity index (χ3n) is 5.03. The molecule has 1 aromatic carbocycles. The number of rotatable bonds is 3. The number of carbonyl (C=O) groups is 2. The molecule has 0 aromatic heterocycles. The Bertz CT molecular complexity index is 631. The van der Waals surface area contributed by atoms with Crippen molar-refractivity contribution in [3.8, 4) is 0 Å². The van der Waals surface area contributed by atoms with Gasteiger partial charge < -0.3 is 15.1 Å². The number of hydrogen-bond donors (Lipinski definition) is 1. The van der Waals surface area contributed by atoms with Crippen molar-refractivity contribution in [3.05, 3.63) is 34.9 Å². The standard InChI is InChI=1S/C18H25ClN4O2/c1-14(24)21-8-10-22(11-9-21)18(25)13-23-7-6-20-12-17(23)15-4-2-3-5-16(15)19/h2-5,17,20H,6-13H2,1H3. The van der Waals surface area contributed by atoms with Crippen molar-refractivity contribution in [2.45, 2.75) is 13.0 Å². The normalized spacial score (nSPS) is 22.1. The molecule has 0 saturated carbocycles. The van der Waals surface area contributed by atoms with E-state index in [1.807, 2.05) is 29.2 Å². The molecule has 1 N–H and O–H groups in total. The summed E-state index contributed by atoms with van der Waals surface area (Å²) in [6.45, 7) is 6.90. The van der Waals surface area contributed by atoms with E-state index in [4.69, 9.17) is 11.6 Å². The molecule has 136 valence electrons. The molecule has 1 atom stereocenters. The zero-order chi connectivity index (χ0) is 17.8. The lowest BCUT2D eigenvalue weighted by molar-refractivity contribution is -0.139. The lowest BCUT2D eigenvalue weighted by atomic mass is 10.0. The molecular formula is C18H25ClN4O2. The van der Waals surface area contributed by atoms with Crippen LogP contribution in [0.3, 0.4) is 0 Å². The average molecular weight is 365 g/mol. The van der Waals surface area contributed by atoms with Gasteiger partial charge in [-0.2, -0.15) is 0 Å². The second-order valence-corrected chi connectivity index (χ2v) is 7.01. The van der Waals surface area contributed by atoms with Gasteiger partial charge in [0.05, 0.1) is 6.54 Å². The largest absolute Gasteiger partial charge is 0.339 e. The van der Waals surface area contributed by atoms with Crippen molar-refractivity contribution in [3.63, 3.8) is 0 Å². The Kier molecular flexibility index (Phi) is 5.93. The smallest absolute Gasteiger partial charge is 0.236 e. The fourth-order valence-electron chi connectivity index (χ4n) is 3.53. The molecule has 0 radical (unpaired) electrons. The fourth-order valence-corrected chi connectivity index (χ4v) is 3.79. The molecule has 2 aliphatic rings. The average Bonchev–Trinajstić information content (AvgIpc) is 2.63. The van der Waals surface area contributed by atoms with Gasteiger partial charge in [-0.05, 0) is 11.6 Å². The van der Waals surface area contributed by atoms with Gasteiger partial charge in [0.2, 0.25) is 11.8 Å². The third kappa shape index (κ3) is 4.32. The Labute approximate surface area is 153 Å². The molecule has 3 rings (SSSR count). The van der Waals surface area contributed by atoms with Crippen molar-refractivity contribution >= 4 is 23.4 Å². The molecule has 0 spiro atoms. The first-order chi connectivity index (χ1) is 12.1. The van der Waals surface area contributed by atoms with Crippen molar-refractivity contribution in [1.29, 1.82) is 0 Å². The molecule has 1 aromatic rings. The summed E-state index contributed by atoms with van der Waals surface area (Å²) in [5.41, 5.74) is 1.06. The first-order valence-electron chi connectivity index (χ1n) is 8.78. The van der Waals surface area contributed by atoms with Gasteiger partial charge in [0, 0.05) is 63.8 Å². The Morgan fingerprint density at radius 2 is 1.80 bits per heavy atom. The third-order valence-corrected chi connectivity index (χ3v) is 5.38. The Morgan fingerprint density at radius 1 is 1.12 bits per heavy atom. The molecule has 2 saturated heterocycles. The number of benzene rings is 1. The Morgan fingerprint density at radius 3 is 2.48 bits per heavy atom. The number of piperazine rings is 2. The summed E-state index contributed by atoms with van der Waals surface area (Å²) in [5, 5.41) is 4.13. The van der Waals surface area contributed by atoms with Crippen molar-refractivity contribution in [2.24, 2.45) is 0 Å². The molecule has 2 fully saturated rings. The quantitative estimate of drug-likeness (QED) is 0.868. The van der Waals surface area contributed by atoms with Gasteiger partial charge in [-0.3, -0.25) is 14.5 Å². The number of hydrogen-bond acceptors (Lipinski definition) is 4. The monoisotopic (exact) mass is 364 g/mol. The SMILES string of the molecule is CC(=O)N1CCN(C(=O)CN2CCNCC2c2ccccc2Cl)CC1. The van der Waals surface area contributed by atoms with Gasteiger partial charge in [-0.1, -0.05) is 29.8 Å². The molecule has 7 heteroatoms. The lowest BCUT2D eigenvalue weighted by Crippen LogP contribution is -2.54. The van der Waals surface area contributed by atoms with Crippen LogP contribution in [0.2, 0.25) is 5.02 Å². The van der Waals surface area contributed by atoms with Crippen LogP contribution in [0.15, 0.2) is 24.3 Å². The van der Waals surface area contributed by atoms with Gasteiger partial charge in [0.15, 0.2) is 0 Å². The van der Waals surface area contributed by atoms with Crippen molar-refractivity contribution in [2.75, 3.05) is 52.4 Å². The molecule has 2 heterocycles. The van der Waals surface area contributed by atoms with Crippen LogP contribution in [-0.2, 0) is 9.59 Å². The molecule has 0 aliphatic carbocycles. The minimum absolute atomic E-state index is 0.0768. The van der Waals surface area contributed by atoms with Crippen LogP contribution in [0.4, 0.5) is 0 Å². The second kappa shape index (κ2) is 8.17. The predicted octanol–water partition coefficient (Wildman–Crippen LogP) is 0.977. The van der Waals surface area contributed by atoms with Crippen LogP contribution in [0.5, 0.6) is 0 Å². The molecule has 0 bridgehead atoms. The molecule has 2 amide bonds. The number of nitrogens with zero attached hydrogens (tertiary/aromatic N) is 3. The minimum Gasteiger partial charge on any atom is -0.339 e. The van der Waals surface area contributed by atoms with Crippen LogP contribution in [0, 0.1) is 0 Å². The summed E-state index contributed by atoms with van der Waals surface area (Å²) in [4.78, 5) is 30.0. The van der Waals surface area contributed by atoms with Crippen molar-refractivity contribution < 1.29 is 9.59 Å². The van der Waals surface area contributed by atoms with E-state index in [2.05, 4.69) is 10.2 Å². The molecule has 25 heavy (non-hydrogen) atoms. The first-order valence-corrected chi connectivity index (χ1v) is 9.16. The molecule has 2 aliphatic heterocycles. The second-order valence-electron chi connectivity index (χ2n) is 6.60. The van der Waals surface area contributed by atoms with Gasteiger partial charge in [-0.25, -0.2) is 0 Å². The number of halogens is 1. The van der Waals surface area contributed by atoms with Gasteiger partial charge in [0.1, 0.15) is 0 Å². The zero-order valence-electron chi connectivity index (χ0n) is 14.6. The van der Waals surface area contributed by atoms with Crippen LogP contribution in [-0.4, -0.2) is 78.9 Å². The van der Waals surface area contributed by atoms with Gasteiger partial charge in [-0.15, -0.1) is 0 Å². The zero-order valence-corrected chi connectivity index (χ0v) is 15.3. The highest BCUT2D eigenvalue weighted by atomic mass is 35.5. The van der Waals surface area contributed by atoms with E-state index in [0.29, 0.717) is 32.7 Å². The highest BCUT2D eigenvalue weighted by Gasteiger charge is 2.29. The van der Waals surface area contributed by atoms with Crippen molar-refractivity contribution in [1.82, 2.24) is 20.0 Å². The maximum Gasteiger partial charge on any atom is 0.236 e.